The normalized spacial score (nSPS) is 13.1. The van der Waals surface area contributed by atoms with Crippen molar-refractivity contribution in [3.05, 3.63) is 54.1 Å². The zero-order chi connectivity index (χ0) is 18.4. The summed E-state index contributed by atoms with van der Waals surface area (Å²) in [7, 11) is 0. The highest BCUT2D eigenvalue weighted by Gasteiger charge is 2.13. The first-order valence-electron chi connectivity index (χ1n) is 8.59. The molecule has 2 aromatic rings. The first-order chi connectivity index (χ1) is 12.6. The Kier molecular flexibility index (Phi) is 5.49. The Bertz CT molecular complexity index is 834. The Labute approximate surface area is 152 Å². The van der Waals surface area contributed by atoms with Crippen LogP contribution in [0.25, 0.3) is 0 Å². The van der Waals surface area contributed by atoms with E-state index in [4.69, 9.17) is 5.26 Å². The topological polar surface area (TPSA) is 85.2 Å². The first-order valence-corrected chi connectivity index (χ1v) is 8.59. The minimum absolute atomic E-state index is 0.287. The number of amides is 2. The lowest BCUT2D eigenvalue weighted by Crippen LogP contribution is -2.21. The minimum atomic E-state index is -0.425. The van der Waals surface area contributed by atoms with E-state index in [1.54, 1.807) is 24.3 Å². The molecule has 0 spiro atoms. The van der Waals surface area contributed by atoms with Gasteiger partial charge in [0.25, 0.3) is 0 Å². The highest BCUT2D eigenvalue weighted by molar-refractivity contribution is 6.08. The van der Waals surface area contributed by atoms with Gasteiger partial charge >= 0.3 is 0 Å². The molecule has 0 aromatic heterocycles. The molecule has 0 atom stereocenters. The lowest BCUT2D eigenvalue weighted by Gasteiger charge is -2.17. The largest absolute Gasteiger partial charge is 0.372 e. The van der Waals surface area contributed by atoms with Gasteiger partial charge in [0.05, 0.1) is 11.6 Å². The predicted molar refractivity (Wildman–Crippen MR) is 101 cm³/mol. The molecule has 132 valence electrons. The van der Waals surface area contributed by atoms with Gasteiger partial charge in [-0.1, -0.05) is 6.07 Å². The average Bonchev–Trinajstić information content (AvgIpc) is 3.17. The van der Waals surface area contributed by atoms with Gasteiger partial charge in [-0.3, -0.25) is 9.59 Å². The first kappa shape index (κ1) is 17.5. The van der Waals surface area contributed by atoms with Gasteiger partial charge in [-0.15, -0.1) is 0 Å². The van der Waals surface area contributed by atoms with Crippen LogP contribution in [0.2, 0.25) is 0 Å². The van der Waals surface area contributed by atoms with Gasteiger partial charge < -0.3 is 15.5 Å². The third kappa shape index (κ3) is 4.61. The van der Waals surface area contributed by atoms with Gasteiger partial charge in [0.1, 0.15) is 6.42 Å². The lowest BCUT2D eigenvalue weighted by atomic mass is 10.2. The summed E-state index contributed by atoms with van der Waals surface area (Å²) in [5.74, 6) is -0.806. The van der Waals surface area contributed by atoms with E-state index in [2.05, 4.69) is 15.5 Å². The standard InChI is InChI=1S/C20H20N4O2/c21-14-15-4-3-5-17(12-15)23-20(26)13-19(25)22-16-6-8-18(9-7-16)24-10-1-2-11-24/h3-9,12H,1-2,10-11,13H2,(H,22,25)(H,23,26). The van der Waals surface area contributed by atoms with Crippen molar-refractivity contribution in [2.24, 2.45) is 0 Å². The summed E-state index contributed by atoms with van der Waals surface area (Å²) >= 11 is 0. The molecule has 0 aliphatic carbocycles. The second kappa shape index (κ2) is 8.17. The fourth-order valence-electron chi connectivity index (χ4n) is 2.95. The molecule has 6 heteroatoms. The summed E-state index contributed by atoms with van der Waals surface area (Å²) < 4.78 is 0. The van der Waals surface area contributed by atoms with Gasteiger partial charge in [0.15, 0.2) is 0 Å². The Morgan fingerprint density at radius 1 is 0.962 bits per heavy atom. The van der Waals surface area contributed by atoms with E-state index >= 15 is 0 Å². The third-order valence-electron chi connectivity index (χ3n) is 4.22. The summed E-state index contributed by atoms with van der Waals surface area (Å²) in [6, 6.07) is 16.2. The number of hydrogen-bond donors (Lipinski definition) is 2. The van der Waals surface area contributed by atoms with Crippen molar-refractivity contribution in [1.82, 2.24) is 0 Å². The van der Waals surface area contributed by atoms with Gasteiger partial charge in [0.2, 0.25) is 11.8 Å². The maximum atomic E-state index is 12.0. The van der Waals surface area contributed by atoms with Crippen LogP contribution in [0.1, 0.15) is 24.8 Å². The zero-order valence-electron chi connectivity index (χ0n) is 14.4. The quantitative estimate of drug-likeness (QED) is 0.813. The second-order valence-electron chi connectivity index (χ2n) is 6.21. The molecule has 1 aliphatic rings. The number of hydrogen-bond acceptors (Lipinski definition) is 4. The number of nitriles is 1. The molecule has 2 amide bonds. The molecule has 0 radical (unpaired) electrons. The number of carbonyl (C=O) groups excluding carboxylic acids is 2. The van der Waals surface area contributed by atoms with Crippen molar-refractivity contribution in [2.45, 2.75) is 19.3 Å². The van der Waals surface area contributed by atoms with Crippen molar-refractivity contribution >= 4 is 28.9 Å². The summed E-state index contributed by atoms with van der Waals surface area (Å²) in [5, 5.41) is 14.2. The van der Waals surface area contributed by atoms with E-state index in [1.165, 1.54) is 12.8 Å². The van der Waals surface area contributed by atoms with Gasteiger partial charge in [0, 0.05) is 30.2 Å². The van der Waals surface area contributed by atoms with Crippen molar-refractivity contribution in [2.75, 3.05) is 28.6 Å². The summed E-state index contributed by atoms with van der Waals surface area (Å²) in [5.41, 5.74) is 2.76. The predicted octanol–water partition coefficient (Wildman–Crippen LogP) is 3.13. The van der Waals surface area contributed by atoms with Crippen LogP contribution in [-0.2, 0) is 9.59 Å². The zero-order valence-corrected chi connectivity index (χ0v) is 14.4. The van der Waals surface area contributed by atoms with Gasteiger partial charge in [-0.2, -0.15) is 5.26 Å². The minimum Gasteiger partial charge on any atom is -0.372 e. The van der Waals surface area contributed by atoms with Crippen molar-refractivity contribution < 1.29 is 9.59 Å². The third-order valence-corrected chi connectivity index (χ3v) is 4.22. The fourth-order valence-corrected chi connectivity index (χ4v) is 2.95. The van der Waals surface area contributed by atoms with Crippen LogP contribution in [0, 0.1) is 11.3 Å². The van der Waals surface area contributed by atoms with Crippen LogP contribution in [0.3, 0.4) is 0 Å². The Hall–Kier alpha value is -3.33. The molecule has 0 bridgehead atoms. The Balaban J connectivity index is 1.51. The summed E-state index contributed by atoms with van der Waals surface area (Å²) in [6.45, 7) is 2.14. The summed E-state index contributed by atoms with van der Waals surface area (Å²) in [6.07, 6.45) is 2.14. The molecule has 0 saturated carbocycles. The maximum absolute atomic E-state index is 12.0. The van der Waals surface area contributed by atoms with Crippen LogP contribution >= 0.6 is 0 Å². The van der Waals surface area contributed by atoms with Crippen LogP contribution in [0.4, 0.5) is 17.1 Å². The molecule has 1 fully saturated rings. The molecule has 1 saturated heterocycles. The number of benzene rings is 2. The van der Waals surface area contributed by atoms with Crippen LogP contribution < -0.4 is 15.5 Å². The number of carbonyl (C=O) groups is 2. The lowest BCUT2D eigenvalue weighted by molar-refractivity contribution is -0.123. The molecule has 6 nitrogen and oxygen atoms in total. The molecule has 2 N–H and O–H groups in total. The van der Waals surface area contributed by atoms with E-state index in [1.807, 2.05) is 30.3 Å². The molecule has 26 heavy (non-hydrogen) atoms. The average molecular weight is 348 g/mol. The van der Waals surface area contributed by atoms with E-state index in [0.717, 1.165) is 18.8 Å². The SMILES string of the molecule is N#Cc1cccc(NC(=O)CC(=O)Nc2ccc(N3CCCC3)cc2)c1. The van der Waals surface area contributed by atoms with Crippen molar-refractivity contribution in [1.29, 1.82) is 5.26 Å². The highest BCUT2D eigenvalue weighted by Crippen LogP contribution is 2.22. The van der Waals surface area contributed by atoms with E-state index < -0.39 is 5.91 Å². The highest BCUT2D eigenvalue weighted by atomic mass is 16.2. The maximum Gasteiger partial charge on any atom is 0.233 e. The molecule has 0 unspecified atom stereocenters. The van der Waals surface area contributed by atoms with Crippen molar-refractivity contribution in [3.63, 3.8) is 0 Å². The van der Waals surface area contributed by atoms with Crippen LogP contribution in [0.15, 0.2) is 48.5 Å². The monoisotopic (exact) mass is 348 g/mol. The molecular weight excluding hydrogens is 328 g/mol. The number of nitrogens with zero attached hydrogens (tertiary/aromatic N) is 2. The molecular formula is C20H20N4O2. The fraction of sp³-hybridized carbons (Fsp3) is 0.250. The molecule has 1 aliphatic heterocycles. The molecule has 3 rings (SSSR count). The van der Waals surface area contributed by atoms with Crippen molar-refractivity contribution in [3.8, 4) is 6.07 Å². The van der Waals surface area contributed by atoms with E-state index in [-0.39, 0.29) is 12.3 Å². The smallest absolute Gasteiger partial charge is 0.233 e. The van der Waals surface area contributed by atoms with Gasteiger partial charge in [-0.25, -0.2) is 0 Å². The van der Waals surface area contributed by atoms with Crippen LogP contribution in [0.5, 0.6) is 0 Å². The Morgan fingerprint density at radius 3 is 2.27 bits per heavy atom. The summed E-state index contributed by atoms with van der Waals surface area (Å²) in [4.78, 5) is 26.3. The molecule has 2 aromatic carbocycles. The number of rotatable bonds is 5. The van der Waals surface area contributed by atoms with E-state index in [9.17, 15) is 9.59 Å². The Morgan fingerprint density at radius 2 is 1.62 bits per heavy atom. The number of nitrogens with one attached hydrogen (secondary N) is 2. The number of anilines is 3. The van der Waals surface area contributed by atoms with Gasteiger partial charge in [-0.05, 0) is 55.3 Å². The van der Waals surface area contributed by atoms with E-state index in [0.29, 0.717) is 16.9 Å². The second-order valence-corrected chi connectivity index (χ2v) is 6.21. The van der Waals surface area contributed by atoms with Crippen LogP contribution in [-0.4, -0.2) is 24.9 Å². The molecule has 1 heterocycles.